The molecule has 1 heterocycles. The van der Waals surface area contributed by atoms with Crippen molar-refractivity contribution in [2.24, 2.45) is 17.8 Å². The van der Waals surface area contributed by atoms with Gasteiger partial charge in [0, 0.05) is 18.7 Å². The first-order valence-electron chi connectivity index (χ1n) is 8.07. The highest BCUT2D eigenvalue weighted by atomic mass is 16.3. The molecule has 0 aliphatic heterocycles. The van der Waals surface area contributed by atoms with E-state index in [9.17, 15) is 0 Å². The van der Waals surface area contributed by atoms with Crippen LogP contribution in [0.15, 0.2) is 10.5 Å². The first kappa shape index (κ1) is 14.2. The number of rotatable bonds is 6. The SMILES string of the molecule is CNCc1cc(CN(C)CC2CC3CCC2C3)oc1C. The van der Waals surface area contributed by atoms with Gasteiger partial charge in [0.15, 0.2) is 0 Å². The molecule has 3 rings (SSSR count). The summed E-state index contributed by atoms with van der Waals surface area (Å²) in [6.45, 7) is 5.14. The van der Waals surface area contributed by atoms with Crippen LogP contribution >= 0.6 is 0 Å². The summed E-state index contributed by atoms with van der Waals surface area (Å²) in [6, 6.07) is 2.21. The molecule has 0 spiro atoms. The normalized spacial score (nSPS) is 28.7. The van der Waals surface area contributed by atoms with Crippen LogP contribution in [0, 0.1) is 24.7 Å². The number of hydrogen-bond donors (Lipinski definition) is 1. The van der Waals surface area contributed by atoms with Gasteiger partial charge in [-0.1, -0.05) is 6.42 Å². The van der Waals surface area contributed by atoms with Crippen molar-refractivity contribution in [2.45, 2.75) is 45.7 Å². The van der Waals surface area contributed by atoms with Crippen molar-refractivity contribution in [3.8, 4) is 0 Å². The number of nitrogens with one attached hydrogen (secondary N) is 1. The second-order valence-corrected chi connectivity index (χ2v) is 6.96. The molecule has 20 heavy (non-hydrogen) atoms. The highest BCUT2D eigenvalue weighted by Crippen LogP contribution is 2.48. The van der Waals surface area contributed by atoms with Gasteiger partial charge in [0.05, 0.1) is 6.54 Å². The summed E-state index contributed by atoms with van der Waals surface area (Å²) in [5.74, 6) is 5.17. The van der Waals surface area contributed by atoms with E-state index in [0.717, 1.165) is 42.4 Å². The minimum Gasteiger partial charge on any atom is -0.465 e. The smallest absolute Gasteiger partial charge is 0.118 e. The highest BCUT2D eigenvalue weighted by molar-refractivity contribution is 5.20. The van der Waals surface area contributed by atoms with Crippen LogP contribution in [-0.4, -0.2) is 25.5 Å². The quantitative estimate of drug-likeness (QED) is 0.865. The Hall–Kier alpha value is -0.800. The molecular formula is C17H28N2O. The molecule has 0 amide bonds. The first-order valence-corrected chi connectivity index (χ1v) is 8.07. The largest absolute Gasteiger partial charge is 0.465 e. The number of furan rings is 1. The predicted molar refractivity (Wildman–Crippen MR) is 81.5 cm³/mol. The zero-order chi connectivity index (χ0) is 14.1. The van der Waals surface area contributed by atoms with Crippen molar-refractivity contribution in [1.29, 1.82) is 0 Å². The topological polar surface area (TPSA) is 28.4 Å². The Balaban J connectivity index is 1.53. The molecule has 2 fully saturated rings. The maximum Gasteiger partial charge on any atom is 0.118 e. The van der Waals surface area contributed by atoms with Gasteiger partial charge in [-0.15, -0.1) is 0 Å². The zero-order valence-electron chi connectivity index (χ0n) is 13.1. The molecule has 1 aromatic rings. The van der Waals surface area contributed by atoms with Gasteiger partial charge in [0.1, 0.15) is 11.5 Å². The highest BCUT2D eigenvalue weighted by Gasteiger charge is 2.39. The van der Waals surface area contributed by atoms with E-state index in [0.29, 0.717) is 0 Å². The Labute approximate surface area is 122 Å². The summed E-state index contributed by atoms with van der Waals surface area (Å²) in [6.07, 6.45) is 5.95. The molecule has 2 aliphatic rings. The summed E-state index contributed by atoms with van der Waals surface area (Å²) in [5, 5.41) is 3.19. The summed E-state index contributed by atoms with van der Waals surface area (Å²) in [4.78, 5) is 2.45. The minimum absolute atomic E-state index is 0.894. The van der Waals surface area contributed by atoms with Gasteiger partial charge in [-0.3, -0.25) is 4.90 Å². The number of aryl methyl sites for hydroxylation is 1. The van der Waals surface area contributed by atoms with E-state index in [4.69, 9.17) is 4.42 Å². The van der Waals surface area contributed by atoms with Crippen LogP contribution < -0.4 is 5.32 Å². The zero-order valence-corrected chi connectivity index (χ0v) is 13.1. The van der Waals surface area contributed by atoms with E-state index in [1.54, 1.807) is 0 Å². The second kappa shape index (κ2) is 5.90. The van der Waals surface area contributed by atoms with Crippen molar-refractivity contribution >= 4 is 0 Å². The van der Waals surface area contributed by atoms with E-state index >= 15 is 0 Å². The maximum atomic E-state index is 5.88. The van der Waals surface area contributed by atoms with Gasteiger partial charge in [0.25, 0.3) is 0 Å². The third kappa shape index (κ3) is 2.94. The standard InChI is InChI=1S/C17H28N2O/c1-12-15(9-18-2)8-17(20-12)11-19(3)10-16-7-13-4-5-14(16)6-13/h8,13-14,16,18H,4-7,9-11H2,1-3H3. The fourth-order valence-electron chi connectivity index (χ4n) is 4.36. The van der Waals surface area contributed by atoms with Crippen LogP contribution in [0.3, 0.4) is 0 Å². The fraction of sp³-hybridized carbons (Fsp3) is 0.765. The molecule has 0 radical (unpaired) electrons. The molecule has 1 aromatic heterocycles. The van der Waals surface area contributed by atoms with E-state index in [-0.39, 0.29) is 0 Å². The molecule has 3 nitrogen and oxygen atoms in total. The van der Waals surface area contributed by atoms with Crippen LogP contribution in [0.1, 0.15) is 42.8 Å². The van der Waals surface area contributed by atoms with Crippen molar-refractivity contribution in [2.75, 3.05) is 20.6 Å². The summed E-state index contributed by atoms with van der Waals surface area (Å²) in [5.41, 5.74) is 1.29. The molecule has 0 aromatic carbocycles. The molecule has 3 unspecified atom stereocenters. The Bertz CT molecular complexity index is 454. The van der Waals surface area contributed by atoms with Crippen molar-refractivity contribution in [3.05, 3.63) is 23.2 Å². The van der Waals surface area contributed by atoms with Crippen molar-refractivity contribution in [3.63, 3.8) is 0 Å². The lowest BCUT2D eigenvalue weighted by Gasteiger charge is -2.26. The van der Waals surface area contributed by atoms with E-state index in [2.05, 4.69) is 30.3 Å². The van der Waals surface area contributed by atoms with Crippen LogP contribution in [0.25, 0.3) is 0 Å². The monoisotopic (exact) mass is 276 g/mol. The molecule has 112 valence electrons. The Morgan fingerprint density at radius 3 is 2.85 bits per heavy atom. The third-order valence-corrected chi connectivity index (χ3v) is 5.30. The maximum absolute atomic E-state index is 5.88. The predicted octanol–water partition coefficient (Wildman–Crippen LogP) is 3.18. The van der Waals surface area contributed by atoms with E-state index in [1.165, 1.54) is 37.8 Å². The summed E-state index contributed by atoms with van der Waals surface area (Å²) < 4.78 is 5.88. The molecule has 3 atom stereocenters. The fourth-order valence-corrected chi connectivity index (χ4v) is 4.36. The molecular weight excluding hydrogens is 248 g/mol. The van der Waals surface area contributed by atoms with E-state index in [1.807, 2.05) is 7.05 Å². The molecule has 2 saturated carbocycles. The van der Waals surface area contributed by atoms with Gasteiger partial charge in [-0.25, -0.2) is 0 Å². The number of hydrogen-bond acceptors (Lipinski definition) is 3. The van der Waals surface area contributed by atoms with Crippen LogP contribution in [-0.2, 0) is 13.1 Å². The van der Waals surface area contributed by atoms with Gasteiger partial charge in [-0.2, -0.15) is 0 Å². The minimum atomic E-state index is 0.894. The Kier molecular flexibility index (Phi) is 4.18. The number of nitrogens with zero attached hydrogens (tertiary/aromatic N) is 1. The third-order valence-electron chi connectivity index (χ3n) is 5.30. The molecule has 2 bridgehead atoms. The summed E-state index contributed by atoms with van der Waals surface area (Å²) >= 11 is 0. The second-order valence-electron chi connectivity index (χ2n) is 6.96. The lowest BCUT2D eigenvalue weighted by atomic mass is 9.88. The van der Waals surface area contributed by atoms with E-state index < -0.39 is 0 Å². The van der Waals surface area contributed by atoms with Gasteiger partial charge in [0.2, 0.25) is 0 Å². The lowest BCUT2D eigenvalue weighted by Crippen LogP contribution is -2.28. The van der Waals surface area contributed by atoms with Crippen LogP contribution in [0.5, 0.6) is 0 Å². The molecule has 3 heteroatoms. The molecule has 2 aliphatic carbocycles. The Morgan fingerprint density at radius 2 is 2.20 bits per heavy atom. The van der Waals surface area contributed by atoms with Gasteiger partial charge in [-0.05, 0) is 64.1 Å². The Morgan fingerprint density at radius 1 is 1.35 bits per heavy atom. The first-order chi connectivity index (χ1) is 9.65. The van der Waals surface area contributed by atoms with Crippen LogP contribution in [0.4, 0.5) is 0 Å². The van der Waals surface area contributed by atoms with Crippen LogP contribution in [0.2, 0.25) is 0 Å². The molecule has 0 saturated heterocycles. The average Bonchev–Trinajstić information content (AvgIpc) is 3.07. The summed E-state index contributed by atoms with van der Waals surface area (Å²) in [7, 11) is 4.22. The van der Waals surface area contributed by atoms with Crippen molar-refractivity contribution in [1.82, 2.24) is 10.2 Å². The van der Waals surface area contributed by atoms with Gasteiger partial charge < -0.3 is 9.73 Å². The van der Waals surface area contributed by atoms with Crippen molar-refractivity contribution < 1.29 is 4.42 Å². The van der Waals surface area contributed by atoms with Gasteiger partial charge >= 0.3 is 0 Å². The number of fused-ring (bicyclic) bond motifs is 2. The average molecular weight is 276 g/mol. The lowest BCUT2D eigenvalue weighted by molar-refractivity contribution is 0.203. The molecule has 1 N–H and O–H groups in total.